The van der Waals surface area contributed by atoms with Gasteiger partial charge in [0.05, 0.1) is 6.54 Å². The fourth-order valence-electron chi connectivity index (χ4n) is 2.82. The molecule has 0 saturated carbocycles. The number of hydrogen-bond donors (Lipinski definition) is 3. The molecule has 0 aliphatic carbocycles. The van der Waals surface area contributed by atoms with Crippen LogP contribution in [0.25, 0.3) is 0 Å². The first-order chi connectivity index (χ1) is 10.2. The van der Waals surface area contributed by atoms with Crippen LogP contribution in [-0.4, -0.2) is 39.2 Å². The highest BCUT2D eigenvalue weighted by Gasteiger charge is 2.17. The average Bonchev–Trinajstić information content (AvgIpc) is 2.91. The molecule has 2 aromatic rings. The Morgan fingerprint density at radius 3 is 2.95 bits per heavy atom. The molecule has 1 aromatic heterocycles. The lowest BCUT2D eigenvalue weighted by Crippen LogP contribution is -2.41. The van der Waals surface area contributed by atoms with E-state index in [9.17, 15) is 0 Å². The van der Waals surface area contributed by atoms with E-state index in [1.807, 2.05) is 0 Å². The highest BCUT2D eigenvalue weighted by Crippen LogP contribution is 2.18. The van der Waals surface area contributed by atoms with Gasteiger partial charge >= 0.3 is 0 Å². The van der Waals surface area contributed by atoms with Gasteiger partial charge < -0.3 is 11.1 Å². The van der Waals surface area contributed by atoms with Crippen LogP contribution in [0.2, 0.25) is 0 Å². The molecule has 1 aliphatic heterocycles. The van der Waals surface area contributed by atoms with E-state index in [0.29, 0.717) is 18.5 Å². The molecule has 0 amide bonds. The molecule has 1 aliphatic rings. The van der Waals surface area contributed by atoms with E-state index in [1.54, 1.807) is 0 Å². The van der Waals surface area contributed by atoms with Crippen LogP contribution in [0, 0.1) is 0 Å². The molecular formula is C15H22N6. The van der Waals surface area contributed by atoms with Crippen LogP contribution >= 0.6 is 0 Å². The summed E-state index contributed by atoms with van der Waals surface area (Å²) in [6, 6.07) is 9.11. The minimum absolute atomic E-state index is 0.298. The number of nitrogens with one attached hydrogen (secondary N) is 2. The Hall–Kier alpha value is -1.92. The van der Waals surface area contributed by atoms with Gasteiger partial charge in [0, 0.05) is 25.7 Å². The van der Waals surface area contributed by atoms with Crippen molar-refractivity contribution in [1.82, 2.24) is 25.4 Å². The predicted octanol–water partition coefficient (Wildman–Crippen LogP) is 0.923. The van der Waals surface area contributed by atoms with Crippen molar-refractivity contribution in [3.8, 4) is 0 Å². The maximum absolute atomic E-state index is 5.49. The standard InChI is InChI=1S/C15H22N6/c1-11(17-8-14-18-15(16)20-19-14)9-21-7-6-12-4-2-3-5-13(12)10-21/h2-5,11,17H,6-10H2,1H3,(H3,16,18,19,20). The summed E-state index contributed by atoms with van der Waals surface area (Å²) in [5.74, 6) is 1.08. The molecular weight excluding hydrogens is 264 g/mol. The van der Waals surface area contributed by atoms with E-state index in [1.165, 1.54) is 11.1 Å². The Balaban J connectivity index is 1.48. The molecule has 0 spiro atoms. The molecule has 1 unspecified atom stereocenters. The van der Waals surface area contributed by atoms with E-state index in [-0.39, 0.29) is 0 Å². The van der Waals surface area contributed by atoms with Crippen LogP contribution in [-0.2, 0) is 19.5 Å². The van der Waals surface area contributed by atoms with E-state index < -0.39 is 0 Å². The van der Waals surface area contributed by atoms with Crippen LogP contribution in [0.4, 0.5) is 5.95 Å². The van der Waals surface area contributed by atoms with Gasteiger partial charge in [0.15, 0.2) is 0 Å². The second-order valence-corrected chi connectivity index (χ2v) is 5.68. The summed E-state index contributed by atoms with van der Waals surface area (Å²) in [6.45, 7) is 6.05. The first-order valence-electron chi connectivity index (χ1n) is 7.40. The predicted molar refractivity (Wildman–Crippen MR) is 82.5 cm³/mol. The van der Waals surface area contributed by atoms with Gasteiger partial charge in [-0.05, 0) is 24.5 Å². The van der Waals surface area contributed by atoms with Crippen molar-refractivity contribution in [1.29, 1.82) is 0 Å². The zero-order valence-corrected chi connectivity index (χ0v) is 12.3. The molecule has 0 fully saturated rings. The van der Waals surface area contributed by atoms with Gasteiger partial charge in [-0.2, -0.15) is 4.98 Å². The lowest BCUT2D eigenvalue weighted by Gasteiger charge is -2.31. The first-order valence-corrected chi connectivity index (χ1v) is 7.40. The monoisotopic (exact) mass is 286 g/mol. The van der Waals surface area contributed by atoms with Gasteiger partial charge in [-0.3, -0.25) is 10.00 Å². The van der Waals surface area contributed by atoms with Gasteiger partial charge in [0.25, 0.3) is 0 Å². The van der Waals surface area contributed by atoms with Crippen molar-refractivity contribution >= 4 is 5.95 Å². The number of nitrogens with zero attached hydrogens (tertiary/aromatic N) is 3. The summed E-state index contributed by atoms with van der Waals surface area (Å²) in [6.07, 6.45) is 1.14. The molecule has 0 bridgehead atoms. The Morgan fingerprint density at radius 1 is 1.38 bits per heavy atom. The highest BCUT2D eigenvalue weighted by molar-refractivity contribution is 5.29. The number of rotatable bonds is 5. The molecule has 0 radical (unpaired) electrons. The van der Waals surface area contributed by atoms with E-state index in [0.717, 1.165) is 31.9 Å². The largest absolute Gasteiger partial charge is 0.367 e. The van der Waals surface area contributed by atoms with Crippen LogP contribution in [0.15, 0.2) is 24.3 Å². The smallest absolute Gasteiger partial charge is 0.239 e. The maximum atomic E-state index is 5.49. The number of nitrogen functional groups attached to an aromatic ring is 1. The van der Waals surface area contributed by atoms with Crippen molar-refractivity contribution in [2.24, 2.45) is 0 Å². The Labute approximate surface area is 124 Å². The van der Waals surface area contributed by atoms with Crippen molar-refractivity contribution in [2.75, 3.05) is 18.8 Å². The maximum Gasteiger partial charge on any atom is 0.239 e. The topological polar surface area (TPSA) is 82.9 Å². The molecule has 3 rings (SSSR count). The summed E-state index contributed by atoms with van der Waals surface area (Å²) in [4.78, 5) is 6.59. The number of H-pyrrole nitrogens is 1. The number of anilines is 1. The van der Waals surface area contributed by atoms with E-state index >= 15 is 0 Å². The normalized spacial score (nSPS) is 16.6. The van der Waals surface area contributed by atoms with Crippen LogP contribution < -0.4 is 11.1 Å². The van der Waals surface area contributed by atoms with E-state index in [2.05, 4.69) is 56.6 Å². The number of benzene rings is 1. The number of fused-ring (bicyclic) bond motifs is 1. The molecule has 4 N–H and O–H groups in total. The third-order valence-corrected chi connectivity index (χ3v) is 3.91. The molecule has 1 atom stereocenters. The molecule has 6 heteroatoms. The van der Waals surface area contributed by atoms with Gasteiger partial charge in [0.1, 0.15) is 5.82 Å². The summed E-state index contributed by atoms with van der Waals surface area (Å²) in [7, 11) is 0. The lowest BCUT2D eigenvalue weighted by molar-refractivity contribution is 0.228. The van der Waals surface area contributed by atoms with Crippen molar-refractivity contribution in [2.45, 2.75) is 32.5 Å². The van der Waals surface area contributed by atoms with Gasteiger partial charge in [0.2, 0.25) is 5.95 Å². The quantitative estimate of drug-likeness (QED) is 0.761. The van der Waals surface area contributed by atoms with Gasteiger partial charge in [-0.15, -0.1) is 5.10 Å². The summed E-state index contributed by atoms with van der Waals surface area (Å²) < 4.78 is 0. The molecule has 21 heavy (non-hydrogen) atoms. The highest BCUT2D eigenvalue weighted by atomic mass is 15.3. The third kappa shape index (κ3) is 3.59. The fraction of sp³-hybridized carbons (Fsp3) is 0.467. The number of hydrogen-bond acceptors (Lipinski definition) is 5. The van der Waals surface area contributed by atoms with Crippen LogP contribution in [0.1, 0.15) is 23.9 Å². The number of aromatic nitrogens is 3. The average molecular weight is 286 g/mol. The van der Waals surface area contributed by atoms with Gasteiger partial charge in [-0.1, -0.05) is 24.3 Å². The van der Waals surface area contributed by atoms with Gasteiger partial charge in [-0.25, -0.2) is 0 Å². The number of nitrogens with two attached hydrogens (primary N) is 1. The van der Waals surface area contributed by atoms with Crippen LogP contribution in [0.3, 0.4) is 0 Å². The van der Waals surface area contributed by atoms with Crippen molar-refractivity contribution in [3.05, 3.63) is 41.2 Å². The Kier molecular flexibility index (Phi) is 4.17. The molecule has 0 saturated heterocycles. The zero-order valence-electron chi connectivity index (χ0n) is 12.3. The Bertz CT molecular complexity index is 593. The molecule has 2 heterocycles. The van der Waals surface area contributed by atoms with Crippen LogP contribution in [0.5, 0.6) is 0 Å². The zero-order chi connectivity index (χ0) is 14.7. The van der Waals surface area contributed by atoms with Crippen molar-refractivity contribution in [3.63, 3.8) is 0 Å². The van der Waals surface area contributed by atoms with E-state index in [4.69, 9.17) is 5.73 Å². The third-order valence-electron chi connectivity index (χ3n) is 3.91. The lowest BCUT2D eigenvalue weighted by atomic mass is 10.00. The molecule has 1 aromatic carbocycles. The Morgan fingerprint density at radius 2 is 2.19 bits per heavy atom. The second kappa shape index (κ2) is 6.24. The fourth-order valence-corrected chi connectivity index (χ4v) is 2.82. The second-order valence-electron chi connectivity index (χ2n) is 5.68. The summed E-state index contributed by atoms with van der Waals surface area (Å²) in [5.41, 5.74) is 8.44. The SMILES string of the molecule is CC(CN1CCc2ccccc2C1)NCc1nc(N)n[nH]1. The summed E-state index contributed by atoms with van der Waals surface area (Å²) >= 11 is 0. The summed E-state index contributed by atoms with van der Waals surface area (Å²) in [5, 5.41) is 10.1. The molecule has 112 valence electrons. The first kappa shape index (κ1) is 14.0. The van der Waals surface area contributed by atoms with Crippen molar-refractivity contribution < 1.29 is 0 Å². The minimum atomic E-state index is 0.298. The number of aromatic amines is 1. The molecule has 6 nitrogen and oxygen atoms in total. The minimum Gasteiger partial charge on any atom is -0.367 e.